The number of aromatic nitrogens is 1. The molecule has 12 heavy (non-hydrogen) atoms. The molecule has 0 aliphatic carbocycles. The van der Waals surface area contributed by atoms with Crippen LogP contribution >= 0.6 is 23.4 Å². The Morgan fingerprint density at radius 2 is 2.50 bits per heavy atom. The van der Waals surface area contributed by atoms with E-state index in [-0.39, 0.29) is 5.78 Å². The molecule has 0 spiro atoms. The molecule has 0 amide bonds. The zero-order chi connectivity index (χ0) is 8.97. The Balaban J connectivity index is 2.63. The summed E-state index contributed by atoms with van der Waals surface area (Å²) in [7, 11) is 0. The third-order valence-electron chi connectivity index (χ3n) is 1.14. The first-order valence-corrected chi connectivity index (χ1v) is 4.79. The van der Waals surface area contributed by atoms with Crippen LogP contribution < -0.4 is 0 Å². The van der Waals surface area contributed by atoms with E-state index in [9.17, 15) is 4.79 Å². The maximum atomic E-state index is 10.6. The molecule has 64 valence electrons. The van der Waals surface area contributed by atoms with Crippen molar-refractivity contribution in [2.45, 2.75) is 11.9 Å². The Hall–Kier alpha value is -0.540. The standard InChI is InChI=1S/C8H8ClNOS/c1-6(11)5-12-8-7(9)3-2-4-10-8/h2-4H,5H2,1H3. The van der Waals surface area contributed by atoms with Crippen molar-refractivity contribution in [1.82, 2.24) is 4.98 Å². The van der Waals surface area contributed by atoms with Gasteiger partial charge in [0, 0.05) is 6.20 Å². The van der Waals surface area contributed by atoms with E-state index >= 15 is 0 Å². The summed E-state index contributed by atoms with van der Waals surface area (Å²) in [6, 6.07) is 3.52. The van der Waals surface area contributed by atoms with Gasteiger partial charge in [0.05, 0.1) is 10.8 Å². The predicted octanol–water partition coefficient (Wildman–Crippen LogP) is 2.42. The maximum absolute atomic E-state index is 10.6. The minimum Gasteiger partial charge on any atom is -0.299 e. The average molecular weight is 202 g/mol. The molecule has 0 saturated carbocycles. The molecule has 0 aliphatic rings. The van der Waals surface area contributed by atoms with Crippen molar-refractivity contribution in [2.75, 3.05) is 5.75 Å². The molecule has 0 saturated heterocycles. The smallest absolute Gasteiger partial charge is 0.140 e. The molecule has 0 N–H and O–H groups in total. The lowest BCUT2D eigenvalue weighted by atomic mass is 10.5. The van der Waals surface area contributed by atoms with E-state index in [1.165, 1.54) is 11.8 Å². The molecule has 1 aromatic heterocycles. The molecule has 0 atom stereocenters. The van der Waals surface area contributed by atoms with Crippen LogP contribution in [0.15, 0.2) is 23.4 Å². The van der Waals surface area contributed by atoms with Crippen LogP contribution in [0.1, 0.15) is 6.92 Å². The molecule has 4 heteroatoms. The average Bonchev–Trinajstić information content (AvgIpc) is 2.03. The van der Waals surface area contributed by atoms with Crippen molar-refractivity contribution in [1.29, 1.82) is 0 Å². The highest BCUT2D eigenvalue weighted by molar-refractivity contribution is 8.00. The summed E-state index contributed by atoms with van der Waals surface area (Å²) in [5, 5.41) is 1.32. The summed E-state index contributed by atoms with van der Waals surface area (Å²) in [5.41, 5.74) is 0. The fourth-order valence-electron chi connectivity index (χ4n) is 0.647. The third-order valence-corrected chi connectivity index (χ3v) is 2.70. The number of nitrogens with zero attached hydrogens (tertiary/aromatic N) is 1. The molecule has 2 nitrogen and oxygen atoms in total. The number of pyridine rings is 1. The third kappa shape index (κ3) is 2.83. The number of ketones is 1. The van der Waals surface area contributed by atoms with Gasteiger partial charge in [-0.2, -0.15) is 0 Å². The largest absolute Gasteiger partial charge is 0.299 e. The predicted molar refractivity (Wildman–Crippen MR) is 50.7 cm³/mol. The molecule has 0 aliphatic heterocycles. The first-order valence-electron chi connectivity index (χ1n) is 3.43. The Labute approximate surface area is 80.3 Å². The molecule has 0 aromatic carbocycles. The van der Waals surface area contributed by atoms with E-state index in [4.69, 9.17) is 11.6 Å². The second-order valence-electron chi connectivity index (χ2n) is 2.28. The van der Waals surface area contributed by atoms with Crippen LogP contribution in [-0.2, 0) is 4.79 Å². The van der Waals surface area contributed by atoms with Crippen LogP contribution in [0.3, 0.4) is 0 Å². The van der Waals surface area contributed by atoms with Crippen molar-refractivity contribution in [3.8, 4) is 0 Å². The summed E-state index contributed by atoms with van der Waals surface area (Å²) in [4.78, 5) is 14.7. The van der Waals surface area contributed by atoms with Gasteiger partial charge in [0.15, 0.2) is 0 Å². The second-order valence-corrected chi connectivity index (χ2v) is 3.65. The number of Topliss-reactive ketones (excluding diaryl/α,β-unsaturated/α-hetero) is 1. The number of hydrogen-bond acceptors (Lipinski definition) is 3. The summed E-state index contributed by atoms with van der Waals surface area (Å²) in [6.45, 7) is 1.55. The Morgan fingerprint density at radius 3 is 3.08 bits per heavy atom. The van der Waals surface area contributed by atoms with E-state index in [0.29, 0.717) is 10.8 Å². The lowest BCUT2D eigenvalue weighted by molar-refractivity contribution is -0.114. The molecular weight excluding hydrogens is 194 g/mol. The Kier molecular flexibility index (Phi) is 3.56. The lowest BCUT2D eigenvalue weighted by Gasteiger charge is -1.98. The quantitative estimate of drug-likeness (QED) is 0.704. The SMILES string of the molecule is CC(=O)CSc1ncccc1Cl. The monoisotopic (exact) mass is 201 g/mol. The van der Waals surface area contributed by atoms with Crippen molar-refractivity contribution < 1.29 is 4.79 Å². The number of rotatable bonds is 3. The summed E-state index contributed by atoms with van der Waals surface area (Å²) in [6.07, 6.45) is 1.66. The van der Waals surface area contributed by atoms with Crippen LogP contribution in [0, 0.1) is 0 Å². The van der Waals surface area contributed by atoms with Gasteiger partial charge < -0.3 is 0 Å². The fourth-order valence-corrected chi connectivity index (χ4v) is 1.61. The molecule has 0 radical (unpaired) electrons. The minimum atomic E-state index is 0.127. The summed E-state index contributed by atoms with van der Waals surface area (Å²) >= 11 is 7.18. The van der Waals surface area contributed by atoms with Crippen LogP contribution in [0.4, 0.5) is 0 Å². The number of halogens is 1. The minimum absolute atomic E-state index is 0.127. The number of thioether (sulfide) groups is 1. The van der Waals surface area contributed by atoms with Gasteiger partial charge in [0.2, 0.25) is 0 Å². The summed E-state index contributed by atoms with van der Waals surface area (Å²) in [5.74, 6) is 0.554. The highest BCUT2D eigenvalue weighted by Gasteiger charge is 2.02. The van der Waals surface area contributed by atoms with Gasteiger partial charge >= 0.3 is 0 Å². The van der Waals surface area contributed by atoms with Crippen molar-refractivity contribution in [3.63, 3.8) is 0 Å². The lowest BCUT2D eigenvalue weighted by Crippen LogP contribution is -1.93. The van der Waals surface area contributed by atoms with E-state index < -0.39 is 0 Å². The second kappa shape index (κ2) is 4.48. The molecule has 1 rings (SSSR count). The first-order chi connectivity index (χ1) is 5.70. The van der Waals surface area contributed by atoms with Crippen LogP contribution in [-0.4, -0.2) is 16.5 Å². The van der Waals surface area contributed by atoms with Crippen LogP contribution in [0.2, 0.25) is 5.02 Å². The fraction of sp³-hybridized carbons (Fsp3) is 0.250. The van der Waals surface area contributed by atoms with E-state index in [1.807, 2.05) is 0 Å². The van der Waals surface area contributed by atoms with Crippen molar-refractivity contribution >= 4 is 29.1 Å². The number of carbonyl (C=O) groups is 1. The van der Waals surface area contributed by atoms with Gasteiger partial charge in [-0.3, -0.25) is 4.79 Å². The molecule has 0 bridgehead atoms. The van der Waals surface area contributed by atoms with Gasteiger partial charge in [-0.1, -0.05) is 23.4 Å². The van der Waals surface area contributed by atoms with Crippen LogP contribution in [0.25, 0.3) is 0 Å². The van der Waals surface area contributed by atoms with Gasteiger partial charge in [-0.05, 0) is 19.1 Å². The molecule has 0 unspecified atom stereocenters. The van der Waals surface area contributed by atoms with Crippen molar-refractivity contribution in [2.24, 2.45) is 0 Å². The van der Waals surface area contributed by atoms with Gasteiger partial charge in [0.25, 0.3) is 0 Å². The molecule has 1 heterocycles. The molecule has 0 fully saturated rings. The number of carbonyl (C=O) groups excluding carboxylic acids is 1. The normalized spacial score (nSPS) is 9.83. The van der Waals surface area contributed by atoms with E-state index in [2.05, 4.69) is 4.98 Å². The topological polar surface area (TPSA) is 30.0 Å². The summed E-state index contributed by atoms with van der Waals surface area (Å²) < 4.78 is 0. The van der Waals surface area contributed by atoms with Gasteiger partial charge in [-0.15, -0.1) is 0 Å². The highest BCUT2D eigenvalue weighted by atomic mass is 35.5. The Morgan fingerprint density at radius 1 is 1.75 bits per heavy atom. The van der Waals surface area contributed by atoms with Gasteiger partial charge in [-0.25, -0.2) is 4.98 Å². The number of hydrogen-bond donors (Lipinski definition) is 0. The molecule has 1 aromatic rings. The van der Waals surface area contributed by atoms with Gasteiger partial charge in [0.1, 0.15) is 10.8 Å². The van der Waals surface area contributed by atoms with Crippen molar-refractivity contribution in [3.05, 3.63) is 23.4 Å². The molecular formula is C8H8ClNOS. The van der Waals surface area contributed by atoms with E-state index in [1.54, 1.807) is 25.3 Å². The van der Waals surface area contributed by atoms with Crippen LogP contribution in [0.5, 0.6) is 0 Å². The highest BCUT2D eigenvalue weighted by Crippen LogP contribution is 2.23. The zero-order valence-corrected chi connectivity index (χ0v) is 8.15. The maximum Gasteiger partial charge on any atom is 0.140 e. The zero-order valence-electron chi connectivity index (χ0n) is 6.58. The van der Waals surface area contributed by atoms with E-state index in [0.717, 1.165) is 5.03 Å². The first kappa shape index (κ1) is 9.55. The Bertz CT molecular complexity index is 290.